The van der Waals surface area contributed by atoms with Gasteiger partial charge in [0.15, 0.2) is 0 Å². The van der Waals surface area contributed by atoms with Gasteiger partial charge >= 0.3 is 0 Å². The van der Waals surface area contributed by atoms with E-state index in [0.717, 1.165) is 29.5 Å². The Morgan fingerprint density at radius 3 is 2.47 bits per heavy atom. The number of nitrogens with zero attached hydrogens (tertiary/aromatic N) is 1. The van der Waals surface area contributed by atoms with E-state index in [1.54, 1.807) is 0 Å². The van der Waals surface area contributed by atoms with Crippen molar-refractivity contribution >= 4 is 0 Å². The van der Waals surface area contributed by atoms with Crippen LogP contribution in [0.1, 0.15) is 54.3 Å². The van der Waals surface area contributed by atoms with Gasteiger partial charge in [0, 0.05) is 12.1 Å². The van der Waals surface area contributed by atoms with Crippen molar-refractivity contribution in [3.05, 3.63) is 40.7 Å². The van der Waals surface area contributed by atoms with Crippen LogP contribution in [0.5, 0.6) is 0 Å². The first kappa shape index (κ1) is 13.9. The molecule has 4 heteroatoms. The van der Waals surface area contributed by atoms with Crippen LogP contribution < -0.4 is 5.32 Å². The van der Waals surface area contributed by atoms with Crippen molar-refractivity contribution in [2.45, 2.75) is 46.6 Å². The fourth-order valence-corrected chi connectivity index (χ4v) is 2.44. The van der Waals surface area contributed by atoms with Gasteiger partial charge in [-0.05, 0) is 45.7 Å². The highest BCUT2D eigenvalue weighted by molar-refractivity contribution is 5.25. The van der Waals surface area contributed by atoms with Crippen LogP contribution in [-0.4, -0.2) is 11.7 Å². The molecule has 0 aromatic carbocycles. The summed E-state index contributed by atoms with van der Waals surface area (Å²) in [5.74, 6) is 3.20. The highest BCUT2D eigenvalue weighted by atomic mass is 16.5. The first-order valence-electron chi connectivity index (χ1n) is 6.71. The van der Waals surface area contributed by atoms with E-state index in [-0.39, 0.29) is 6.04 Å². The second-order valence-corrected chi connectivity index (χ2v) is 5.22. The minimum absolute atomic E-state index is 0.205. The fourth-order valence-electron chi connectivity index (χ4n) is 2.44. The lowest BCUT2D eigenvalue weighted by Crippen LogP contribution is -2.23. The summed E-state index contributed by atoms with van der Waals surface area (Å²) in [5.41, 5.74) is 2.18. The van der Waals surface area contributed by atoms with Gasteiger partial charge < -0.3 is 14.3 Å². The first-order valence-corrected chi connectivity index (χ1v) is 6.71. The topological polar surface area (TPSA) is 51.2 Å². The summed E-state index contributed by atoms with van der Waals surface area (Å²) in [6.45, 7) is 11.1. The van der Waals surface area contributed by atoms with Crippen LogP contribution in [0.4, 0.5) is 0 Å². The number of hydrogen-bond acceptors (Lipinski definition) is 4. The second kappa shape index (κ2) is 5.61. The number of aryl methyl sites for hydroxylation is 3. The molecule has 2 aromatic rings. The van der Waals surface area contributed by atoms with Gasteiger partial charge in [-0.15, -0.1) is 0 Å². The zero-order valence-electron chi connectivity index (χ0n) is 12.3. The molecule has 2 unspecified atom stereocenters. The molecule has 0 amide bonds. The number of furan rings is 1. The highest BCUT2D eigenvalue weighted by Gasteiger charge is 2.17. The predicted octanol–water partition coefficient (Wildman–Crippen LogP) is 3.65. The van der Waals surface area contributed by atoms with Crippen molar-refractivity contribution in [3.8, 4) is 0 Å². The van der Waals surface area contributed by atoms with Crippen molar-refractivity contribution in [2.75, 3.05) is 6.54 Å². The standard InChI is InChI=1S/C15H22N2O2/c1-9(15-12(4)17-19-13(15)5)8-16-11(3)14-7-6-10(2)18-14/h6-7,9,11,16H,8H2,1-5H3. The van der Waals surface area contributed by atoms with E-state index in [9.17, 15) is 0 Å². The van der Waals surface area contributed by atoms with Crippen LogP contribution >= 0.6 is 0 Å². The van der Waals surface area contributed by atoms with Crippen LogP contribution in [0.25, 0.3) is 0 Å². The summed E-state index contributed by atoms with van der Waals surface area (Å²) < 4.78 is 10.8. The maximum Gasteiger partial charge on any atom is 0.137 e. The zero-order valence-corrected chi connectivity index (χ0v) is 12.3. The largest absolute Gasteiger partial charge is 0.465 e. The summed E-state index contributed by atoms with van der Waals surface area (Å²) in [5, 5.41) is 7.50. The molecule has 0 aliphatic heterocycles. The van der Waals surface area contributed by atoms with E-state index in [0.29, 0.717) is 5.92 Å². The van der Waals surface area contributed by atoms with Crippen molar-refractivity contribution in [3.63, 3.8) is 0 Å². The summed E-state index contributed by atoms with van der Waals surface area (Å²) in [4.78, 5) is 0. The third kappa shape index (κ3) is 3.07. The molecule has 0 aliphatic carbocycles. The monoisotopic (exact) mass is 262 g/mol. The van der Waals surface area contributed by atoms with Crippen molar-refractivity contribution in [2.24, 2.45) is 0 Å². The van der Waals surface area contributed by atoms with Crippen LogP contribution in [0, 0.1) is 20.8 Å². The van der Waals surface area contributed by atoms with E-state index >= 15 is 0 Å². The lowest BCUT2D eigenvalue weighted by Gasteiger charge is -2.16. The Hall–Kier alpha value is -1.55. The highest BCUT2D eigenvalue weighted by Crippen LogP contribution is 2.23. The van der Waals surface area contributed by atoms with Crippen LogP contribution in [0.2, 0.25) is 0 Å². The molecule has 1 N–H and O–H groups in total. The predicted molar refractivity (Wildman–Crippen MR) is 74.3 cm³/mol. The molecule has 2 heterocycles. The molecule has 104 valence electrons. The smallest absolute Gasteiger partial charge is 0.137 e. The van der Waals surface area contributed by atoms with E-state index < -0.39 is 0 Å². The van der Waals surface area contributed by atoms with Crippen LogP contribution in [0.3, 0.4) is 0 Å². The molecule has 0 saturated carbocycles. The summed E-state index contributed by atoms with van der Waals surface area (Å²) >= 11 is 0. The van der Waals surface area contributed by atoms with Crippen LogP contribution in [-0.2, 0) is 0 Å². The van der Waals surface area contributed by atoms with Crippen molar-refractivity contribution in [1.29, 1.82) is 0 Å². The Labute approximate surface area is 114 Å². The molecule has 0 bridgehead atoms. The fraction of sp³-hybridized carbons (Fsp3) is 0.533. The Bertz CT molecular complexity index is 523. The third-order valence-corrected chi connectivity index (χ3v) is 3.50. The number of aromatic nitrogens is 1. The molecule has 2 rings (SSSR count). The molecular weight excluding hydrogens is 240 g/mol. The van der Waals surface area contributed by atoms with Gasteiger partial charge in [-0.2, -0.15) is 0 Å². The third-order valence-electron chi connectivity index (χ3n) is 3.50. The SMILES string of the molecule is Cc1ccc(C(C)NCC(C)c2c(C)noc2C)o1. The van der Waals surface area contributed by atoms with Gasteiger partial charge in [0.2, 0.25) is 0 Å². The molecular formula is C15H22N2O2. The lowest BCUT2D eigenvalue weighted by molar-refractivity contribution is 0.389. The number of hydrogen-bond donors (Lipinski definition) is 1. The molecule has 0 spiro atoms. The quantitative estimate of drug-likeness (QED) is 0.893. The summed E-state index contributed by atoms with van der Waals surface area (Å²) in [7, 11) is 0. The first-order chi connectivity index (χ1) is 8.99. The molecule has 4 nitrogen and oxygen atoms in total. The number of nitrogens with one attached hydrogen (secondary N) is 1. The Morgan fingerprint density at radius 2 is 1.95 bits per heavy atom. The van der Waals surface area contributed by atoms with Gasteiger partial charge in [-0.1, -0.05) is 12.1 Å². The lowest BCUT2D eigenvalue weighted by atomic mass is 9.99. The Kier molecular flexibility index (Phi) is 4.10. The average Bonchev–Trinajstić information content (AvgIpc) is 2.93. The van der Waals surface area contributed by atoms with E-state index in [2.05, 4.69) is 24.3 Å². The molecule has 2 aromatic heterocycles. The van der Waals surface area contributed by atoms with Gasteiger partial charge in [0.25, 0.3) is 0 Å². The van der Waals surface area contributed by atoms with Gasteiger partial charge in [0.05, 0.1) is 11.7 Å². The maximum atomic E-state index is 5.62. The van der Waals surface area contributed by atoms with Crippen LogP contribution in [0.15, 0.2) is 21.1 Å². The van der Waals surface area contributed by atoms with Crippen molar-refractivity contribution in [1.82, 2.24) is 10.5 Å². The molecule has 0 radical (unpaired) electrons. The van der Waals surface area contributed by atoms with E-state index in [4.69, 9.17) is 8.94 Å². The van der Waals surface area contributed by atoms with Crippen molar-refractivity contribution < 1.29 is 8.94 Å². The van der Waals surface area contributed by atoms with Gasteiger partial charge in [-0.25, -0.2) is 0 Å². The average molecular weight is 262 g/mol. The molecule has 0 fully saturated rings. The molecule has 2 atom stereocenters. The Morgan fingerprint density at radius 1 is 1.21 bits per heavy atom. The minimum Gasteiger partial charge on any atom is -0.465 e. The van der Waals surface area contributed by atoms with E-state index in [1.165, 1.54) is 5.56 Å². The second-order valence-electron chi connectivity index (χ2n) is 5.22. The van der Waals surface area contributed by atoms with E-state index in [1.807, 2.05) is 32.9 Å². The normalized spacial score (nSPS) is 14.6. The summed E-state index contributed by atoms with van der Waals surface area (Å²) in [6.07, 6.45) is 0. The van der Waals surface area contributed by atoms with Gasteiger partial charge in [-0.3, -0.25) is 0 Å². The summed E-state index contributed by atoms with van der Waals surface area (Å²) in [6, 6.07) is 4.22. The molecule has 0 aliphatic rings. The molecule has 19 heavy (non-hydrogen) atoms. The maximum absolute atomic E-state index is 5.62. The number of rotatable bonds is 5. The zero-order chi connectivity index (χ0) is 14.0. The minimum atomic E-state index is 0.205. The molecule has 0 saturated heterocycles. The Balaban J connectivity index is 1.95. The van der Waals surface area contributed by atoms with Gasteiger partial charge in [0.1, 0.15) is 17.3 Å².